The molecule has 1 aliphatic heterocycles. The molecule has 0 spiro atoms. The van der Waals surface area contributed by atoms with Crippen molar-refractivity contribution < 1.29 is 9.32 Å². The van der Waals surface area contributed by atoms with Gasteiger partial charge in [-0.15, -0.1) is 0 Å². The highest BCUT2D eigenvalue weighted by atomic mass is 35.5. The molecule has 3 heterocycles. The van der Waals surface area contributed by atoms with E-state index in [-0.39, 0.29) is 11.8 Å². The average Bonchev–Trinajstić information content (AvgIpc) is 3.56. The maximum atomic E-state index is 12.8. The summed E-state index contributed by atoms with van der Waals surface area (Å²) in [4.78, 5) is 23.7. The molecule has 1 amide bonds. The summed E-state index contributed by atoms with van der Waals surface area (Å²) in [5.41, 5.74) is 2.94. The van der Waals surface area contributed by atoms with Crippen LogP contribution in [0.15, 0.2) is 71.8 Å². The maximum absolute atomic E-state index is 12.8. The van der Waals surface area contributed by atoms with Crippen molar-refractivity contribution in [1.29, 1.82) is 0 Å². The molecule has 5 rings (SSSR count). The standard InChI is InChI=1S/C25H25ClN6O2/c26-21-7-5-18(6-8-21)24-29-23(34-30-24)16-31-12-9-19(10-13-31)25(33)28-15-20-3-1-2-4-22(20)32-14-11-27-17-32/h1-8,11,14,17,19H,9-10,12-13,15-16H2,(H,28,33). The number of para-hydroxylation sites is 1. The van der Waals surface area contributed by atoms with Crippen molar-refractivity contribution in [3.05, 3.63) is 83.7 Å². The fourth-order valence-corrected chi connectivity index (χ4v) is 4.35. The summed E-state index contributed by atoms with van der Waals surface area (Å²) in [5, 5.41) is 7.87. The minimum absolute atomic E-state index is 0.00368. The lowest BCUT2D eigenvalue weighted by Gasteiger charge is -2.30. The zero-order chi connectivity index (χ0) is 23.3. The minimum atomic E-state index is 0.00368. The molecule has 1 aliphatic rings. The molecule has 1 fully saturated rings. The molecule has 1 N–H and O–H groups in total. The number of amides is 1. The first-order valence-electron chi connectivity index (χ1n) is 11.3. The molecular weight excluding hydrogens is 452 g/mol. The first-order chi connectivity index (χ1) is 16.7. The monoisotopic (exact) mass is 476 g/mol. The van der Waals surface area contributed by atoms with Gasteiger partial charge in [0.15, 0.2) is 0 Å². The summed E-state index contributed by atoms with van der Waals surface area (Å²) in [7, 11) is 0. The number of rotatable bonds is 7. The molecule has 0 unspecified atom stereocenters. The van der Waals surface area contributed by atoms with E-state index in [4.69, 9.17) is 16.1 Å². The lowest BCUT2D eigenvalue weighted by molar-refractivity contribution is -0.126. The Morgan fingerprint density at radius 3 is 2.68 bits per heavy atom. The Labute approximate surface area is 202 Å². The Kier molecular flexibility index (Phi) is 6.69. The number of nitrogens with one attached hydrogen (secondary N) is 1. The highest BCUT2D eigenvalue weighted by Crippen LogP contribution is 2.22. The van der Waals surface area contributed by atoms with Gasteiger partial charge in [0.1, 0.15) is 0 Å². The molecule has 0 bridgehead atoms. The number of carbonyl (C=O) groups is 1. The van der Waals surface area contributed by atoms with Crippen LogP contribution in [-0.4, -0.2) is 43.6 Å². The van der Waals surface area contributed by atoms with Gasteiger partial charge in [-0.1, -0.05) is 35.0 Å². The SMILES string of the molecule is O=C(NCc1ccccc1-n1ccnc1)C1CCN(Cc2nc(-c3ccc(Cl)cc3)no2)CC1. The average molecular weight is 477 g/mol. The van der Waals surface area contributed by atoms with Crippen molar-refractivity contribution in [2.45, 2.75) is 25.9 Å². The number of hydrogen-bond donors (Lipinski definition) is 1. The fourth-order valence-electron chi connectivity index (χ4n) is 4.22. The number of likely N-dealkylation sites (tertiary alicyclic amines) is 1. The van der Waals surface area contributed by atoms with Crippen LogP contribution in [-0.2, 0) is 17.9 Å². The second kappa shape index (κ2) is 10.2. The van der Waals surface area contributed by atoms with E-state index in [0.717, 1.165) is 42.7 Å². The van der Waals surface area contributed by atoms with E-state index in [9.17, 15) is 4.79 Å². The van der Waals surface area contributed by atoms with Gasteiger partial charge in [0.05, 0.1) is 18.6 Å². The Hall–Kier alpha value is -3.49. The molecule has 4 aromatic rings. The van der Waals surface area contributed by atoms with Crippen molar-refractivity contribution in [3.63, 3.8) is 0 Å². The van der Waals surface area contributed by atoms with E-state index in [1.54, 1.807) is 24.7 Å². The third kappa shape index (κ3) is 5.18. The largest absolute Gasteiger partial charge is 0.352 e. The highest BCUT2D eigenvalue weighted by molar-refractivity contribution is 6.30. The second-order valence-electron chi connectivity index (χ2n) is 8.39. The van der Waals surface area contributed by atoms with Crippen molar-refractivity contribution in [3.8, 4) is 17.1 Å². The van der Waals surface area contributed by atoms with Crippen LogP contribution in [0, 0.1) is 5.92 Å². The van der Waals surface area contributed by atoms with Crippen LogP contribution in [0.5, 0.6) is 0 Å². The third-order valence-corrected chi connectivity index (χ3v) is 6.37. The number of carbonyl (C=O) groups excluding carboxylic acids is 1. The summed E-state index contributed by atoms with van der Waals surface area (Å²) in [5.74, 6) is 1.23. The molecule has 0 radical (unpaired) electrons. The van der Waals surface area contributed by atoms with Crippen molar-refractivity contribution in [2.75, 3.05) is 13.1 Å². The number of halogens is 1. The molecule has 0 aliphatic carbocycles. The first kappa shape index (κ1) is 22.3. The highest BCUT2D eigenvalue weighted by Gasteiger charge is 2.26. The number of nitrogens with zero attached hydrogens (tertiary/aromatic N) is 5. The number of hydrogen-bond acceptors (Lipinski definition) is 6. The van der Waals surface area contributed by atoms with Gasteiger partial charge in [-0.3, -0.25) is 9.69 Å². The molecule has 9 heteroatoms. The Morgan fingerprint density at radius 2 is 1.91 bits per heavy atom. The lowest BCUT2D eigenvalue weighted by atomic mass is 9.96. The lowest BCUT2D eigenvalue weighted by Crippen LogP contribution is -2.40. The van der Waals surface area contributed by atoms with E-state index >= 15 is 0 Å². The van der Waals surface area contributed by atoms with Crippen LogP contribution in [0.4, 0.5) is 0 Å². The molecule has 2 aromatic carbocycles. The van der Waals surface area contributed by atoms with E-state index in [0.29, 0.717) is 29.8 Å². The van der Waals surface area contributed by atoms with Crippen LogP contribution in [0.3, 0.4) is 0 Å². The van der Waals surface area contributed by atoms with Crippen LogP contribution >= 0.6 is 11.6 Å². The van der Waals surface area contributed by atoms with Crippen LogP contribution in [0.1, 0.15) is 24.3 Å². The Bertz CT molecular complexity index is 1230. The van der Waals surface area contributed by atoms with Crippen molar-refractivity contribution >= 4 is 17.5 Å². The third-order valence-electron chi connectivity index (χ3n) is 6.12. The molecule has 2 aromatic heterocycles. The van der Waals surface area contributed by atoms with Gasteiger partial charge in [-0.2, -0.15) is 4.98 Å². The van der Waals surface area contributed by atoms with Crippen LogP contribution in [0.25, 0.3) is 17.1 Å². The van der Waals surface area contributed by atoms with Crippen molar-refractivity contribution in [1.82, 2.24) is 29.9 Å². The minimum Gasteiger partial charge on any atom is -0.352 e. The summed E-state index contributed by atoms with van der Waals surface area (Å²) in [6.45, 7) is 2.68. The number of benzene rings is 2. The fraction of sp³-hybridized carbons (Fsp3) is 0.280. The molecular formula is C25H25ClN6O2. The summed E-state index contributed by atoms with van der Waals surface area (Å²) >= 11 is 5.94. The van der Waals surface area contributed by atoms with E-state index in [1.165, 1.54) is 0 Å². The molecule has 0 atom stereocenters. The summed E-state index contributed by atoms with van der Waals surface area (Å²) in [6, 6.07) is 15.4. The molecule has 0 saturated carbocycles. The number of aromatic nitrogens is 4. The predicted octanol–water partition coefficient (Wildman–Crippen LogP) is 4.10. The Morgan fingerprint density at radius 1 is 1.12 bits per heavy atom. The van der Waals surface area contributed by atoms with Gasteiger partial charge in [0.2, 0.25) is 17.6 Å². The quantitative estimate of drug-likeness (QED) is 0.432. The zero-order valence-electron chi connectivity index (χ0n) is 18.6. The molecule has 8 nitrogen and oxygen atoms in total. The van der Waals surface area contributed by atoms with Crippen LogP contribution < -0.4 is 5.32 Å². The van der Waals surface area contributed by atoms with Gasteiger partial charge < -0.3 is 14.4 Å². The van der Waals surface area contributed by atoms with E-state index < -0.39 is 0 Å². The maximum Gasteiger partial charge on any atom is 0.241 e. The normalized spacial score (nSPS) is 14.9. The van der Waals surface area contributed by atoms with E-state index in [1.807, 2.05) is 47.2 Å². The number of imidazole rings is 1. The van der Waals surface area contributed by atoms with Gasteiger partial charge in [0.25, 0.3) is 0 Å². The smallest absolute Gasteiger partial charge is 0.241 e. The summed E-state index contributed by atoms with van der Waals surface area (Å²) in [6.07, 6.45) is 7.01. The number of piperidine rings is 1. The zero-order valence-corrected chi connectivity index (χ0v) is 19.4. The topological polar surface area (TPSA) is 89.1 Å². The Balaban J connectivity index is 1.11. The van der Waals surface area contributed by atoms with E-state index in [2.05, 4.69) is 25.3 Å². The van der Waals surface area contributed by atoms with Gasteiger partial charge in [-0.25, -0.2) is 4.98 Å². The molecule has 174 valence electrons. The van der Waals surface area contributed by atoms with Crippen molar-refractivity contribution in [2.24, 2.45) is 5.92 Å². The molecule has 1 saturated heterocycles. The summed E-state index contributed by atoms with van der Waals surface area (Å²) < 4.78 is 7.39. The van der Waals surface area contributed by atoms with Crippen LogP contribution in [0.2, 0.25) is 5.02 Å². The predicted molar refractivity (Wildman–Crippen MR) is 128 cm³/mol. The van der Waals surface area contributed by atoms with Gasteiger partial charge in [0, 0.05) is 35.4 Å². The second-order valence-corrected chi connectivity index (χ2v) is 8.82. The van der Waals surface area contributed by atoms with Gasteiger partial charge >= 0.3 is 0 Å². The molecule has 34 heavy (non-hydrogen) atoms. The van der Waals surface area contributed by atoms with Gasteiger partial charge in [-0.05, 0) is 61.8 Å². The first-order valence-corrected chi connectivity index (χ1v) is 11.7.